The van der Waals surface area contributed by atoms with Gasteiger partial charge in [-0.05, 0) is 43.5 Å². The molecule has 3 aromatic rings. The highest BCUT2D eigenvalue weighted by Crippen LogP contribution is 2.36. The summed E-state index contributed by atoms with van der Waals surface area (Å²) in [6.07, 6.45) is 7.04. The second kappa shape index (κ2) is 8.17. The Balaban J connectivity index is 1.53. The second-order valence-electron chi connectivity index (χ2n) is 8.13. The van der Waals surface area contributed by atoms with Gasteiger partial charge in [0.25, 0.3) is 0 Å². The van der Waals surface area contributed by atoms with E-state index in [1.54, 1.807) is 6.20 Å². The summed E-state index contributed by atoms with van der Waals surface area (Å²) < 4.78 is 0. The van der Waals surface area contributed by atoms with Crippen LogP contribution in [0.2, 0.25) is 10.0 Å². The SMILES string of the molecule is OC1CCN(c2ccc(-c3nnc(NC4CCCC4)c4cc(Cl)c(Cl)cc34)cn2)C1. The maximum Gasteiger partial charge on any atom is 0.156 e. The fraction of sp³-hybridized carbons (Fsp3) is 0.409. The number of benzene rings is 1. The van der Waals surface area contributed by atoms with Gasteiger partial charge in [-0.2, -0.15) is 0 Å². The molecule has 2 aromatic heterocycles. The Morgan fingerprint density at radius 3 is 2.43 bits per heavy atom. The van der Waals surface area contributed by atoms with Crippen LogP contribution in [-0.2, 0) is 0 Å². The fourth-order valence-corrected chi connectivity index (χ4v) is 4.72. The minimum Gasteiger partial charge on any atom is -0.391 e. The lowest BCUT2D eigenvalue weighted by Crippen LogP contribution is -2.22. The van der Waals surface area contributed by atoms with Crippen LogP contribution in [0.3, 0.4) is 0 Å². The number of halogens is 2. The van der Waals surface area contributed by atoms with Crippen LogP contribution in [-0.4, -0.2) is 45.5 Å². The van der Waals surface area contributed by atoms with Gasteiger partial charge in [0.15, 0.2) is 5.82 Å². The summed E-state index contributed by atoms with van der Waals surface area (Å²) in [5.74, 6) is 1.60. The Morgan fingerprint density at radius 2 is 1.77 bits per heavy atom. The first-order chi connectivity index (χ1) is 14.6. The van der Waals surface area contributed by atoms with Crippen LogP contribution in [0.1, 0.15) is 32.1 Å². The zero-order valence-corrected chi connectivity index (χ0v) is 18.0. The van der Waals surface area contributed by atoms with Gasteiger partial charge in [0.1, 0.15) is 11.5 Å². The quantitative estimate of drug-likeness (QED) is 0.595. The Morgan fingerprint density at radius 1 is 1.00 bits per heavy atom. The van der Waals surface area contributed by atoms with Gasteiger partial charge in [-0.25, -0.2) is 4.98 Å². The molecule has 0 spiro atoms. The number of pyridine rings is 1. The van der Waals surface area contributed by atoms with E-state index < -0.39 is 0 Å². The molecule has 1 saturated carbocycles. The molecule has 6 nitrogen and oxygen atoms in total. The third kappa shape index (κ3) is 3.80. The summed E-state index contributed by atoms with van der Waals surface area (Å²) in [5, 5.41) is 25.1. The highest BCUT2D eigenvalue weighted by molar-refractivity contribution is 6.43. The van der Waals surface area contributed by atoms with Crippen molar-refractivity contribution in [3.63, 3.8) is 0 Å². The van der Waals surface area contributed by atoms with Crippen molar-refractivity contribution in [1.82, 2.24) is 15.2 Å². The first-order valence-electron chi connectivity index (χ1n) is 10.4. The van der Waals surface area contributed by atoms with Crippen molar-refractivity contribution >= 4 is 45.6 Å². The topological polar surface area (TPSA) is 74.2 Å². The maximum absolute atomic E-state index is 9.77. The van der Waals surface area contributed by atoms with Gasteiger partial charge in [0.05, 0.1) is 16.1 Å². The fourth-order valence-electron chi connectivity index (χ4n) is 4.39. The van der Waals surface area contributed by atoms with E-state index in [9.17, 15) is 5.11 Å². The predicted octanol–water partition coefficient (Wildman–Crippen LogP) is 4.92. The summed E-state index contributed by atoms with van der Waals surface area (Å²) in [6, 6.07) is 8.08. The molecule has 8 heteroatoms. The molecule has 0 amide bonds. The van der Waals surface area contributed by atoms with Crippen LogP contribution in [0, 0.1) is 0 Å². The van der Waals surface area contributed by atoms with Gasteiger partial charge < -0.3 is 15.3 Å². The first kappa shape index (κ1) is 19.8. The number of β-amino-alcohol motifs (C(OH)–C–C–N with tert-alkyl or cyclic N) is 1. The minimum atomic E-state index is -0.284. The van der Waals surface area contributed by atoms with Gasteiger partial charge in [0.2, 0.25) is 0 Å². The number of fused-ring (bicyclic) bond motifs is 1. The summed E-state index contributed by atoms with van der Waals surface area (Å²) in [6.45, 7) is 1.43. The Hall–Kier alpha value is -2.15. The van der Waals surface area contributed by atoms with Gasteiger partial charge in [-0.15, -0.1) is 10.2 Å². The third-order valence-corrected chi connectivity index (χ3v) is 6.75. The molecular weight excluding hydrogens is 421 g/mol. The number of rotatable bonds is 4. The van der Waals surface area contributed by atoms with Crippen LogP contribution < -0.4 is 10.2 Å². The van der Waals surface area contributed by atoms with E-state index in [1.807, 2.05) is 24.3 Å². The van der Waals surface area contributed by atoms with Gasteiger partial charge in [-0.1, -0.05) is 36.0 Å². The van der Waals surface area contributed by atoms with E-state index in [4.69, 9.17) is 23.2 Å². The molecule has 5 rings (SSSR count). The van der Waals surface area contributed by atoms with Crippen molar-refractivity contribution in [3.8, 4) is 11.3 Å². The maximum atomic E-state index is 9.77. The zero-order valence-electron chi connectivity index (χ0n) is 16.5. The standard InChI is InChI=1S/C22H23Cl2N5O/c23-18-9-16-17(10-19(18)24)22(26-14-3-1-2-4-14)28-27-21(16)13-5-6-20(25-11-13)29-8-7-15(30)12-29/h5-6,9-11,14-15,30H,1-4,7-8,12H2,(H,26,28). The van der Waals surface area contributed by atoms with Gasteiger partial charge in [-0.3, -0.25) is 0 Å². The Kier molecular flexibility index (Phi) is 5.39. The van der Waals surface area contributed by atoms with Crippen molar-refractivity contribution in [1.29, 1.82) is 0 Å². The monoisotopic (exact) mass is 443 g/mol. The Labute approximate surface area is 185 Å². The summed E-state index contributed by atoms with van der Waals surface area (Å²) >= 11 is 12.7. The number of aliphatic hydroxyl groups excluding tert-OH is 1. The van der Waals surface area contributed by atoms with E-state index in [-0.39, 0.29) is 6.10 Å². The van der Waals surface area contributed by atoms with Crippen LogP contribution in [0.5, 0.6) is 0 Å². The molecule has 1 aliphatic carbocycles. The van der Waals surface area contributed by atoms with Crippen molar-refractivity contribution < 1.29 is 5.11 Å². The van der Waals surface area contributed by atoms with E-state index in [2.05, 4.69) is 25.4 Å². The highest BCUT2D eigenvalue weighted by atomic mass is 35.5. The second-order valence-corrected chi connectivity index (χ2v) is 8.94. The molecule has 0 bridgehead atoms. The molecule has 1 aromatic carbocycles. The third-order valence-electron chi connectivity index (χ3n) is 6.03. The molecule has 1 atom stereocenters. The van der Waals surface area contributed by atoms with Crippen LogP contribution in [0.15, 0.2) is 30.5 Å². The van der Waals surface area contributed by atoms with Crippen LogP contribution in [0.4, 0.5) is 11.6 Å². The lowest BCUT2D eigenvalue weighted by atomic mass is 10.1. The zero-order chi connectivity index (χ0) is 20.7. The first-order valence-corrected chi connectivity index (χ1v) is 11.2. The number of nitrogens with one attached hydrogen (secondary N) is 1. The molecule has 2 aliphatic rings. The van der Waals surface area contributed by atoms with E-state index >= 15 is 0 Å². The number of anilines is 2. The smallest absolute Gasteiger partial charge is 0.156 e. The summed E-state index contributed by atoms with van der Waals surface area (Å²) in [4.78, 5) is 6.68. The number of hydrogen-bond acceptors (Lipinski definition) is 6. The molecule has 0 radical (unpaired) electrons. The van der Waals surface area contributed by atoms with E-state index in [0.29, 0.717) is 22.6 Å². The molecule has 2 N–H and O–H groups in total. The molecule has 156 valence electrons. The van der Waals surface area contributed by atoms with Crippen molar-refractivity contribution in [2.45, 2.75) is 44.2 Å². The number of aromatic nitrogens is 3. The summed E-state index contributed by atoms with van der Waals surface area (Å²) in [7, 11) is 0. The normalized spacial score (nSPS) is 19.7. The molecule has 1 saturated heterocycles. The largest absolute Gasteiger partial charge is 0.391 e. The number of aliphatic hydroxyl groups is 1. The molecule has 1 unspecified atom stereocenters. The number of nitrogens with zero attached hydrogens (tertiary/aromatic N) is 4. The highest BCUT2D eigenvalue weighted by Gasteiger charge is 2.22. The summed E-state index contributed by atoms with van der Waals surface area (Å²) in [5.41, 5.74) is 1.59. The molecular formula is C22H23Cl2N5O. The molecule has 1 aliphatic heterocycles. The molecule has 2 fully saturated rings. The van der Waals surface area contributed by atoms with Crippen LogP contribution in [0.25, 0.3) is 22.0 Å². The number of hydrogen-bond donors (Lipinski definition) is 2. The van der Waals surface area contributed by atoms with Gasteiger partial charge in [0, 0.05) is 41.7 Å². The van der Waals surface area contributed by atoms with E-state index in [0.717, 1.165) is 59.5 Å². The van der Waals surface area contributed by atoms with Crippen LogP contribution >= 0.6 is 23.2 Å². The predicted molar refractivity (Wildman–Crippen MR) is 122 cm³/mol. The van der Waals surface area contributed by atoms with Crippen molar-refractivity contribution in [3.05, 3.63) is 40.5 Å². The lowest BCUT2D eigenvalue weighted by molar-refractivity contribution is 0.198. The molecule has 3 heterocycles. The van der Waals surface area contributed by atoms with Crippen molar-refractivity contribution in [2.75, 3.05) is 23.3 Å². The van der Waals surface area contributed by atoms with Gasteiger partial charge >= 0.3 is 0 Å². The van der Waals surface area contributed by atoms with Crippen molar-refractivity contribution in [2.24, 2.45) is 0 Å². The molecule has 30 heavy (non-hydrogen) atoms. The average Bonchev–Trinajstić information content (AvgIpc) is 3.41. The minimum absolute atomic E-state index is 0.284. The average molecular weight is 444 g/mol. The Bertz CT molecular complexity index is 1070. The van der Waals surface area contributed by atoms with E-state index in [1.165, 1.54) is 12.8 Å². The lowest BCUT2D eigenvalue weighted by Gasteiger charge is -2.17.